The Kier molecular flexibility index (Phi) is 3.54. The van der Waals surface area contributed by atoms with Gasteiger partial charge in [-0.05, 0) is 24.5 Å². The minimum atomic E-state index is 0.244. The smallest absolute Gasteiger partial charge is 0.107 e. The second kappa shape index (κ2) is 5.09. The van der Waals surface area contributed by atoms with Gasteiger partial charge in [0.1, 0.15) is 5.82 Å². The van der Waals surface area contributed by atoms with Gasteiger partial charge in [-0.25, -0.2) is 4.98 Å². The summed E-state index contributed by atoms with van der Waals surface area (Å²) in [5.41, 5.74) is 8.75. The molecule has 0 radical (unpaired) electrons. The second-order valence-electron chi connectivity index (χ2n) is 3.88. The van der Waals surface area contributed by atoms with Gasteiger partial charge in [0.05, 0.1) is 11.0 Å². The van der Waals surface area contributed by atoms with Gasteiger partial charge in [-0.3, -0.25) is 0 Å². The molecule has 1 aromatic carbocycles. The molecule has 0 saturated heterocycles. The lowest BCUT2D eigenvalue weighted by molar-refractivity contribution is 0.284. The molecule has 0 aliphatic rings. The molecular weight excluding hydrogens is 202 g/mol. The van der Waals surface area contributed by atoms with Gasteiger partial charge in [-0.1, -0.05) is 12.1 Å². The summed E-state index contributed by atoms with van der Waals surface area (Å²) in [6.45, 7) is 0.756. The fourth-order valence-corrected chi connectivity index (χ4v) is 1.83. The molecule has 0 spiro atoms. The van der Waals surface area contributed by atoms with E-state index in [4.69, 9.17) is 10.8 Å². The maximum absolute atomic E-state index is 8.72. The normalized spacial score (nSPS) is 11.1. The number of aryl methyl sites for hydroxylation is 1. The number of aromatic nitrogens is 2. The summed E-state index contributed by atoms with van der Waals surface area (Å²) in [6, 6.07) is 6.00. The first-order chi connectivity index (χ1) is 7.85. The van der Waals surface area contributed by atoms with Crippen LogP contribution in [0.15, 0.2) is 18.2 Å². The van der Waals surface area contributed by atoms with E-state index in [0.29, 0.717) is 6.54 Å². The predicted octanol–water partition coefficient (Wildman–Crippen LogP) is 1.34. The van der Waals surface area contributed by atoms with Crippen molar-refractivity contribution >= 4 is 11.0 Å². The number of aromatic amines is 1. The first-order valence-corrected chi connectivity index (χ1v) is 5.62. The minimum Gasteiger partial charge on any atom is -0.396 e. The number of rotatable bonds is 5. The third-order valence-corrected chi connectivity index (χ3v) is 2.69. The van der Waals surface area contributed by atoms with Gasteiger partial charge in [0.15, 0.2) is 0 Å². The van der Waals surface area contributed by atoms with Crippen LogP contribution in [0.5, 0.6) is 0 Å². The number of nitrogens with one attached hydrogen (secondary N) is 1. The average Bonchev–Trinajstić information content (AvgIpc) is 2.71. The van der Waals surface area contributed by atoms with Gasteiger partial charge in [0.25, 0.3) is 0 Å². The monoisotopic (exact) mass is 219 g/mol. The molecule has 16 heavy (non-hydrogen) atoms. The molecule has 0 fully saturated rings. The molecule has 0 atom stereocenters. The summed E-state index contributed by atoms with van der Waals surface area (Å²) in [7, 11) is 0. The van der Waals surface area contributed by atoms with Gasteiger partial charge in [-0.15, -0.1) is 0 Å². The van der Waals surface area contributed by atoms with E-state index in [0.717, 1.165) is 41.7 Å². The number of aliphatic hydroxyl groups excluding tert-OH is 1. The Labute approximate surface area is 94.5 Å². The van der Waals surface area contributed by atoms with E-state index in [9.17, 15) is 0 Å². The van der Waals surface area contributed by atoms with Crippen LogP contribution in [0.1, 0.15) is 24.2 Å². The molecule has 0 saturated carbocycles. The molecule has 0 amide bonds. The molecule has 0 aliphatic carbocycles. The lowest BCUT2D eigenvalue weighted by atomic mass is 10.2. The summed E-state index contributed by atoms with van der Waals surface area (Å²) in [6.07, 6.45) is 2.65. The van der Waals surface area contributed by atoms with E-state index < -0.39 is 0 Å². The van der Waals surface area contributed by atoms with Gasteiger partial charge >= 0.3 is 0 Å². The third-order valence-electron chi connectivity index (χ3n) is 2.69. The van der Waals surface area contributed by atoms with Crippen LogP contribution in [0.4, 0.5) is 0 Å². The number of imidazole rings is 1. The molecule has 1 aromatic heterocycles. The highest BCUT2D eigenvalue weighted by atomic mass is 16.2. The topological polar surface area (TPSA) is 74.9 Å². The summed E-state index contributed by atoms with van der Waals surface area (Å²) < 4.78 is 0. The molecule has 4 N–H and O–H groups in total. The zero-order valence-corrected chi connectivity index (χ0v) is 9.24. The van der Waals surface area contributed by atoms with Crippen molar-refractivity contribution < 1.29 is 5.11 Å². The number of nitrogens with zero attached hydrogens (tertiary/aromatic N) is 1. The van der Waals surface area contributed by atoms with Crippen LogP contribution in [-0.2, 0) is 13.0 Å². The fraction of sp³-hybridized carbons (Fsp3) is 0.417. The number of para-hydroxylation sites is 1. The molecule has 2 rings (SSSR count). The standard InChI is InChI=1S/C12H17N3O/c13-8-9-4-3-5-10-12(9)15-11(14-10)6-1-2-7-16/h3-5,16H,1-2,6-8,13H2,(H,14,15). The molecule has 0 aliphatic heterocycles. The van der Waals surface area contributed by atoms with Crippen LogP contribution in [0, 0.1) is 0 Å². The molecule has 2 aromatic rings. The van der Waals surface area contributed by atoms with Crippen LogP contribution in [-0.4, -0.2) is 21.7 Å². The molecule has 0 bridgehead atoms. The maximum atomic E-state index is 8.72. The van der Waals surface area contributed by atoms with Crippen LogP contribution in [0.3, 0.4) is 0 Å². The van der Waals surface area contributed by atoms with Crippen LogP contribution < -0.4 is 5.73 Å². The van der Waals surface area contributed by atoms with E-state index in [2.05, 4.69) is 9.97 Å². The van der Waals surface area contributed by atoms with E-state index >= 15 is 0 Å². The van der Waals surface area contributed by atoms with Crippen molar-refractivity contribution in [3.8, 4) is 0 Å². The lowest BCUT2D eigenvalue weighted by Gasteiger charge is -1.95. The molecule has 4 nitrogen and oxygen atoms in total. The van der Waals surface area contributed by atoms with E-state index in [1.165, 1.54) is 0 Å². The minimum absolute atomic E-state index is 0.244. The van der Waals surface area contributed by atoms with Crippen molar-refractivity contribution in [1.29, 1.82) is 0 Å². The predicted molar refractivity (Wildman–Crippen MR) is 64.0 cm³/mol. The summed E-state index contributed by atoms with van der Waals surface area (Å²) in [4.78, 5) is 7.82. The van der Waals surface area contributed by atoms with Gasteiger partial charge < -0.3 is 15.8 Å². The highest BCUT2D eigenvalue weighted by Crippen LogP contribution is 2.16. The Morgan fingerprint density at radius 1 is 1.31 bits per heavy atom. The Balaban J connectivity index is 2.22. The molecule has 4 heteroatoms. The zero-order chi connectivity index (χ0) is 11.4. The van der Waals surface area contributed by atoms with Crippen molar-refractivity contribution in [3.05, 3.63) is 29.6 Å². The van der Waals surface area contributed by atoms with Crippen LogP contribution >= 0.6 is 0 Å². The molecule has 1 heterocycles. The summed E-state index contributed by atoms with van der Waals surface area (Å²) >= 11 is 0. The zero-order valence-electron chi connectivity index (χ0n) is 9.24. The number of aliphatic hydroxyl groups is 1. The van der Waals surface area contributed by atoms with E-state index in [1.54, 1.807) is 0 Å². The second-order valence-corrected chi connectivity index (χ2v) is 3.88. The van der Waals surface area contributed by atoms with Crippen molar-refractivity contribution in [1.82, 2.24) is 9.97 Å². The van der Waals surface area contributed by atoms with Crippen molar-refractivity contribution in [2.75, 3.05) is 6.61 Å². The number of benzene rings is 1. The number of nitrogens with two attached hydrogens (primary N) is 1. The van der Waals surface area contributed by atoms with Crippen molar-refractivity contribution in [3.63, 3.8) is 0 Å². The average molecular weight is 219 g/mol. The van der Waals surface area contributed by atoms with Gasteiger partial charge in [-0.2, -0.15) is 0 Å². The number of hydrogen-bond donors (Lipinski definition) is 3. The number of H-pyrrole nitrogens is 1. The Morgan fingerprint density at radius 3 is 2.94 bits per heavy atom. The number of fused-ring (bicyclic) bond motifs is 1. The SMILES string of the molecule is NCc1cccc2[nH]c(CCCCO)nc12. The first kappa shape index (κ1) is 11.1. The maximum Gasteiger partial charge on any atom is 0.107 e. The Bertz CT molecular complexity index is 464. The molecule has 86 valence electrons. The van der Waals surface area contributed by atoms with E-state index in [-0.39, 0.29) is 6.61 Å². The third kappa shape index (κ3) is 2.23. The summed E-state index contributed by atoms with van der Waals surface area (Å²) in [5.74, 6) is 0.976. The lowest BCUT2D eigenvalue weighted by Crippen LogP contribution is -1.96. The number of hydrogen-bond acceptors (Lipinski definition) is 3. The fourth-order valence-electron chi connectivity index (χ4n) is 1.83. The van der Waals surface area contributed by atoms with Crippen molar-refractivity contribution in [2.24, 2.45) is 5.73 Å². The molecule has 0 unspecified atom stereocenters. The molecular formula is C12H17N3O. The van der Waals surface area contributed by atoms with Crippen molar-refractivity contribution in [2.45, 2.75) is 25.8 Å². The van der Waals surface area contributed by atoms with Crippen LogP contribution in [0.2, 0.25) is 0 Å². The highest BCUT2D eigenvalue weighted by Gasteiger charge is 2.05. The summed E-state index contributed by atoms with van der Waals surface area (Å²) in [5, 5.41) is 8.72. The van der Waals surface area contributed by atoms with Gasteiger partial charge in [0, 0.05) is 19.6 Å². The largest absolute Gasteiger partial charge is 0.396 e. The Morgan fingerprint density at radius 2 is 2.19 bits per heavy atom. The van der Waals surface area contributed by atoms with Gasteiger partial charge in [0.2, 0.25) is 0 Å². The number of unbranched alkanes of at least 4 members (excludes halogenated alkanes) is 1. The Hall–Kier alpha value is -1.39. The first-order valence-electron chi connectivity index (χ1n) is 5.62. The highest BCUT2D eigenvalue weighted by molar-refractivity contribution is 5.78. The quantitative estimate of drug-likeness (QED) is 0.664. The van der Waals surface area contributed by atoms with Crippen LogP contribution in [0.25, 0.3) is 11.0 Å². The van der Waals surface area contributed by atoms with E-state index in [1.807, 2.05) is 18.2 Å².